The summed E-state index contributed by atoms with van der Waals surface area (Å²) in [6, 6.07) is 14.4. The predicted molar refractivity (Wildman–Crippen MR) is 111 cm³/mol. The number of carbonyl (C=O) groups excluding carboxylic acids is 1. The average molecular weight is 421 g/mol. The van der Waals surface area contributed by atoms with E-state index in [1.165, 1.54) is 11.3 Å². The van der Waals surface area contributed by atoms with Crippen molar-refractivity contribution in [2.24, 2.45) is 12.0 Å². The van der Waals surface area contributed by atoms with Crippen molar-refractivity contribution in [2.75, 3.05) is 12.0 Å². The van der Waals surface area contributed by atoms with E-state index in [1.807, 2.05) is 30.0 Å². The maximum Gasteiger partial charge on any atom is 0.248 e. The van der Waals surface area contributed by atoms with Crippen LogP contribution in [0.4, 0.5) is 0 Å². The zero-order chi connectivity index (χ0) is 19.4. The second-order valence-electron chi connectivity index (χ2n) is 6.02. The summed E-state index contributed by atoms with van der Waals surface area (Å²) < 4.78 is 27.5. The molecule has 0 bridgehead atoms. The molecule has 0 spiro atoms. The van der Waals surface area contributed by atoms with Crippen LogP contribution in [0.15, 0.2) is 63.3 Å². The van der Waals surface area contributed by atoms with Crippen LogP contribution in [0.25, 0.3) is 10.2 Å². The van der Waals surface area contributed by atoms with E-state index in [1.54, 1.807) is 42.1 Å². The fourth-order valence-electron chi connectivity index (χ4n) is 2.67. The Morgan fingerprint density at radius 1 is 1.19 bits per heavy atom. The van der Waals surface area contributed by atoms with Gasteiger partial charge in [0.25, 0.3) is 0 Å². The zero-order valence-corrected chi connectivity index (χ0v) is 17.5. The molecule has 0 unspecified atom stereocenters. The molecule has 3 rings (SSSR count). The summed E-state index contributed by atoms with van der Waals surface area (Å²) in [5.41, 5.74) is 1.02. The molecule has 0 fully saturated rings. The van der Waals surface area contributed by atoms with Gasteiger partial charge in [-0.05, 0) is 43.0 Å². The largest absolute Gasteiger partial charge is 0.319 e. The molecule has 0 atom stereocenters. The lowest BCUT2D eigenvalue weighted by atomic mass is 10.3. The van der Waals surface area contributed by atoms with E-state index in [0.29, 0.717) is 4.80 Å². The summed E-state index contributed by atoms with van der Waals surface area (Å²) in [7, 11) is -1.49. The van der Waals surface area contributed by atoms with E-state index in [4.69, 9.17) is 0 Å². The second-order valence-corrected chi connectivity index (χ2v) is 10.0. The predicted octanol–water partition coefficient (Wildman–Crippen LogP) is 3.64. The number of nitrogens with zero attached hydrogens (tertiary/aromatic N) is 2. The van der Waals surface area contributed by atoms with Crippen LogP contribution >= 0.6 is 23.1 Å². The van der Waals surface area contributed by atoms with Gasteiger partial charge < -0.3 is 4.57 Å². The highest BCUT2D eigenvalue weighted by Crippen LogP contribution is 2.23. The molecular weight excluding hydrogens is 400 g/mol. The van der Waals surface area contributed by atoms with E-state index in [2.05, 4.69) is 11.1 Å². The molecule has 0 radical (unpaired) electrons. The SMILES string of the molecule is CSc1ccc2c(c1)sc(=NC(=O)CCCS(=O)(=O)c1ccccc1)n2C. The zero-order valence-electron chi connectivity index (χ0n) is 15.1. The first-order valence-corrected chi connectivity index (χ1v) is 12.1. The topological polar surface area (TPSA) is 68.5 Å². The number of benzene rings is 2. The molecule has 0 saturated heterocycles. The van der Waals surface area contributed by atoms with Crippen molar-refractivity contribution < 1.29 is 13.2 Å². The van der Waals surface area contributed by atoms with Crippen LogP contribution in [0, 0.1) is 0 Å². The van der Waals surface area contributed by atoms with Gasteiger partial charge in [0.15, 0.2) is 14.6 Å². The highest BCUT2D eigenvalue weighted by atomic mass is 32.2. The minimum Gasteiger partial charge on any atom is -0.319 e. The maximum atomic E-state index is 12.3. The fraction of sp³-hybridized carbons (Fsp3) is 0.263. The van der Waals surface area contributed by atoms with Gasteiger partial charge in [0.1, 0.15) is 0 Å². The van der Waals surface area contributed by atoms with Crippen LogP contribution < -0.4 is 4.80 Å². The first-order chi connectivity index (χ1) is 12.9. The van der Waals surface area contributed by atoms with Crippen molar-refractivity contribution >= 4 is 49.1 Å². The molecular formula is C19H20N2O3S3. The van der Waals surface area contributed by atoms with Gasteiger partial charge in [-0.2, -0.15) is 4.99 Å². The number of carbonyl (C=O) groups is 1. The molecule has 5 nitrogen and oxygen atoms in total. The molecule has 2 aromatic carbocycles. The van der Waals surface area contributed by atoms with Crippen molar-refractivity contribution in [3.8, 4) is 0 Å². The molecule has 0 aliphatic heterocycles. The van der Waals surface area contributed by atoms with Gasteiger partial charge in [0, 0.05) is 18.4 Å². The third-order valence-corrected chi connectivity index (χ3v) is 7.78. The first kappa shape index (κ1) is 19.9. The summed E-state index contributed by atoms with van der Waals surface area (Å²) in [6.07, 6.45) is 2.38. The number of hydrogen-bond donors (Lipinski definition) is 0. The number of aromatic nitrogens is 1. The first-order valence-electron chi connectivity index (χ1n) is 8.39. The lowest BCUT2D eigenvalue weighted by Crippen LogP contribution is -2.14. The minimum absolute atomic E-state index is 0.0616. The van der Waals surface area contributed by atoms with Crippen LogP contribution in [0.3, 0.4) is 0 Å². The van der Waals surface area contributed by atoms with E-state index < -0.39 is 9.84 Å². The van der Waals surface area contributed by atoms with Crippen molar-refractivity contribution in [2.45, 2.75) is 22.6 Å². The molecule has 0 saturated carbocycles. The summed E-state index contributed by atoms with van der Waals surface area (Å²) in [5.74, 6) is -0.362. The Bertz CT molecular complexity index is 1130. The number of hydrogen-bond acceptors (Lipinski definition) is 5. The number of aryl methyl sites for hydroxylation is 1. The summed E-state index contributed by atoms with van der Waals surface area (Å²) in [5, 5.41) is 0. The standard InChI is InChI=1S/C19H20N2O3S3/c1-21-16-11-10-14(25-2)13-17(16)26-19(21)20-18(22)9-6-12-27(23,24)15-7-4-3-5-8-15/h3-5,7-8,10-11,13H,6,9,12H2,1-2H3. The third kappa shape index (κ3) is 4.69. The number of fused-ring (bicyclic) bond motifs is 1. The number of thiazole rings is 1. The molecule has 1 amide bonds. The van der Waals surface area contributed by atoms with E-state index >= 15 is 0 Å². The summed E-state index contributed by atoms with van der Waals surface area (Å²) in [6.45, 7) is 0. The van der Waals surface area contributed by atoms with Gasteiger partial charge in [-0.15, -0.1) is 11.8 Å². The number of amides is 1. The monoisotopic (exact) mass is 420 g/mol. The van der Waals surface area contributed by atoms with Crippen LogP contribution in [0.2, 0.25) is 0 Å². The molecule has 0 N–H and O–H groups in total. The smallest absolute Gasteiger partial charge is 0.248 e. The summed E-state index contributed by atoms with van der Waals surface area (Å²) >= 11 is 3.13. The molecule has 1 aromatic heterocycles. The molecule has 1 heterocycles. The summed E-state index contributed by atoms with van der Waals surface area (Å²) in [4.78, 5) is 18.5. The number of sulfone groups is 1. The maximum absolute atomic E-state index is 12.3. The highest BCUT2D eigenvalue weighted by Gasteiger charge is 2.14. The van der Waals surface area contributed by atoms with E-state index in [9.17, 15) is 13.2 Å². The molecule has 0 aliphatic rings. The Labute approximate surface area is 166 Å². The van der Waals surface area contributed by atoms with Gasteiger partial charge in [0.2, 0.25) is 5.91 Å². The molecule has 3 aromatic rings. The van der Waals surface area contributed by atoms with E-state index in [-0.39, 0.29) is 29.4 Å². The van der Waals surface area contributed by atoms with Crippen LogP contribution in [0.5, 0.6) is 0 Å². The van der Waals surface area contributed by atoms with Gasteiger partial charge in [-0.1, -0.05) is 29.5 Å². The molecule has 142 valence electrons. The Morgan fingerprint density at radius 2 is 1.93 bits per heavy atom. The van der Waals surface area contributed by atoms with Crippen LogP contribution in [-0.4, -0.2) is 30.9 Å². The highest BCUT2D eigenvalue weighted by molar-refractivity contribution is 7.98. The second kappa shape index (κ2) is 8.41. The molecule has 27 heavy (non-hydrogen) atoms. The number of rotatable bonds is 6. The van der Waals surface area contributed by atoms with Crippen molar-refractivity contribution in [3.05, 3.63) is 53.3 Å². The van der Waals surface area contributed by atoms with E-state index in [0.717, 1.165) is 15.1 Å². The van der Waals surface area contributed by atoms with Gasteiger partial charge in [-0.3, -0.25) is 4.79 Å². The Kier molecular flexibility index (Phi) is 6.18. The number of thioether (sulfide) groups is 1. The van der Waals surface area contributed by atoms with Gasteiger partial charge >= 0.3 is 0 Å². The Morgan fingerprint density at radius 3 is 2.63 bits per heavy atom. The van der Waals surface area contributed by atoms with Crippen LogP contribution in [0.1, 0.15) is 12.8 Å². The Balaban J connectivity index is 1.70. The van der Waals surface area contributed by atoms with Crippen LogP contribution in [-0.2, 0) is 21.7 Å². The Hall–Kier alpha value is -1.90. The average Bonchev–Trinajstić information content (AvgIpc) is 2.97. The lowest BCUT2D eigenvalue weighted by molar-refractivity contribution is -0.118. The normalized spacial score (nSPS) is 12.6. The minimum atomic E-state index is -3.36. The molecule has 0 aliphatic carbocycles. The van der Waals surface area contributed by atoms with Crippen molar-refractivity contribution in [3.63, 3.8) is 0 Å². The molecule has 8 heteroatoms. The van der Waals surface area contributed by atoms with Crippen molar-refractivity contribution in [1.29, 1.82) is 0 Å². The fourth-order valence-corrected chi connectivity index (χ4v) is 5.59. The lowest BCUT2D eigenvalue weighted by Gasteiger charge is -2.02. The third-order valence-electron chi connectivity index (χ3n) is 4.14. The van der Waals surface area contributed by atoms with Gasteiger partial charge in [0.05, 0.1) is 20.9 Å². The van der Waals surface area contributed by atoms with Crippen molar-refractivity contribution in [1.82, 2.24) is 4.57 Å². The van der Waals surface area contributed by atoms with Gasteiger partial charge in [-0.25, -0.2) is 8.42 Å². The quantitative estimate of drug-likeness (QED) is 0.571.